The van der Waals surface area contributed by atoms with Gasteiger partial charge in [0.05, 0.1) is 18.7 Å². The number of para-hydroxylation sites is 1. The lowest BCUT2D eigenvalue weighted by molar-refractivity contribution is 0.185. The Morgan fingerprint density at radius 1 is 1.12 bits per heavy atom. The predicted octanol–water partition coefficient (Wildman–Crippen LogP) is 5.35. The van der Waals surface area contributed by atoms with E-state index in [2.05, 4.69) is 14.9 Å². The van der Waals surface area contributed by atoms with Crippen molar-refractivity contribution in [1.82, 2.24) is 19.8 Å². The molecular formula is C25H27ClN4O2. The first kappa shape index (κ1) is 20.9. The molecule has 6 nitrogen and oxygen atoms in total. The summed E-state index contributed by atoms with van der Waals surface area (Å²) < 4.78 is 7.99. The molecule has 1 saturated heterocycles. The number of amides is 2. The first-order valence-electron chi connectivity index (χ1n) is 11.2. The van der Waals surface area contributed by atoms with Gasteiger partial charge >= 0.3 is 6.03 Å². The van der Waals surface area contributed by atoms with Gasteiger partial charge in [-0.3, -0.25) is 0 Å². The Bertz CT molecular complexity index is 1080. The molecular weight excluding hydrogens is 424 g/mol. The Balaban J connectivity index is 1.33. The van der Waals surface area contributed by atoms with Gasteiger partial charge in [-0.2, -0.15) is 0 Å². The Labute approximate surface area is 193 Å². The van der Waals surface area contributed by atoms with E-state index < -0.39 is 0 Å². The summed E-state index contributed by atoms with van der Waals surface area (Å²) in [5.74, 6) is 1.80. The van der Waals surface area contributed by atoms with Gasteiger partial charge in [-0.05, 0) is 49.4 Å². The van der Waals surface area contributed by atoms with Gasteiger partial charge in [0.2, 0.25) is 0 Å². The highest BCUT2D eigenvalue weighted by Gasteiger charge is 2.34. The third-order valence-electron chi connectivity index (χ3n) is 6.31. The van der Waals surface area contributed by atoms with Crippen LogP contribution in [0.3, 0.4) is 0 Å². The molecule has 1 aromatic heterocycles. The van der Waals surface area contributed by atoms with Crippen molar-refractivity contribution >= 4 is 17.6 Å². The number of hydrogen-bond donors (Lipinski definition) is 1. The zero-order valence-electron chi connectivity index (χ0n) is 17.9. The van der Waals surface area contributed by atoms with Gasteiger partial charge in [-0.25, -0.2) is 9.78 Å². The van der Waals surface area contributed by atoms with Crippen LogP contribution in [0.25, 0.3) is 0 Å². The molecule has 0 saturated carbocycles. The Kier molecular flexibility index (Phi) is 6.04. The van der Waals surface area contributed by atoms with Crippen molar-refractivity contribution in [1.29, 1.82) is 0 Å². The van der Waals surface area contributed by atoms with E-state index in [9.17, 15) is 4.79 Å². The van der Waals surface area contributed by atoms with Crippen molar-refractivity contribution in [3.05, 3.63) is 82.9 Å². The number of ether oxygens (including phenoxy) is 1. The molecule has 2 aliphatic heterocycles. The van der Waals surface area contributed by atoms with Crippen molar-refractivity contribution in [3.63, 3.8) is 0 Å². The summed E-state index contributed by atoms with van der Waals surface area (Å²) in [7, 11) is 0. The molecule has 2 atom stereocenters. The average molecular weight is 451 g/mol. The second-order valence-corrected chi connectivity index (χ2v) is 8.86. The SMILES string of the molecule is O=C(NC1CCCOc2ccccc21)N1CCC[C@@H]1c1nccn1Cc1ccc(Cl)cc1. The number of nitrogens with zero attached hydrogens (tertiary/aromatic N) is 3. The molecule has 0 aliphatic carbocycles. The van der Waals surface area contributed by atoms with Crippen LogP contribution < -0.4 is 10.1 Å². The summed E-state index contributed by atoms with van der Waals surface area (Å²) in [5.41, 5.74) is 2.20. The summed E-state index contributed by atoms with van der Waals surface area (Å²) in [5, 5.41) is 4.01. The number of imidazole rings is 1. The number of halogens is 1. The molecule has 3 heterocycles. The van der Waals surface area contributed by atoms with E-state index in [1.807, 2.05) is 65.8 Å². The van der Waals surface area contributed by atoms with E-state index in [-0.39, 0.29) is 18.1 Å². The lowest BCUT2D eigenvalue weighted by Gasteiger charge is -2.28. The summed E-state index contributed by atoms with van der Waals surface area (Å²) in [4.78, 5) is 19.9. The highest BCUT2D eigenvalue weighted by molar-refractivity contribution is 6.30. The van der Waals surface area contributed by atoms with E-state index >= 15 is 0 Å². The standard InChI is InChI=1S/C25H27ClN4O2/c26-19-11-9-18(10-12-19)17-29-15-13-27-24(29)22-7-3-14-30(22)25(31)28-21-6-4-16-32-23-8-2-1-5-20(21)23/h1-2,5,8-13,15,21-22H,3-4,6-7,14,16-17H2,(H,28,31)/t21?,22-/m1/s1. The zero-order chi connectivity index (χ0) is 21.9. The number of nitrogens with one attached hydrogen (secondary N) is 1. The Morgan fingerprint density at radius 2 is 1.97 bits per heavy atom. The van der Waals surface area contributed by atoms with Crippen molar-refractivity contribution in [2.75, 3.05) is 13.2 Å². The lowest BCUT2D eigenvalue weighted by Crippen LogP contribution is -2.41. The molecule has 5 rings (SSSR count). The van der Waals surface area contributed by atoms with Crippen molar-refractivity contribution < 1.29 is 9.53 Å². The van der Waals surface area contributed by atoms with E-state index in [1.54, 1.807) is 0 Å². The maximum atomic E-state index is 13.4. The molecule has 1 unspecified atom stereocenters. The van der Waals surface area contributed by atoms with Crippen LogP contribution in [0.5, 0.6) is 5.75 Å². The lowest BCUT2D eigenvalue weighted by atomic mass is 10.0. The summed E-state index contributed by atoms with van der Waals surface area (Å²) in [6.45, 7) is 2.11. The maximum absolute atomic E-state index is 13.4. The second kappa shape index (κ2) is 9.25. The molecule has 7 heteroatoms. The molecule has 0 spiro atoms. The summed E-state index contributed by atoms with van der Waals surface area (Å²) in [6.07, 6.45) is 7.46. The monoisotopic (exact) mass is 450 g/mol. The topological polar surface area (TPSA) is 59.4 Å². The molecule has 0 radical (unpaired) electrons. The van der Waals surface area contributed by atoms with Crippen LogP contribution in [-0.4, -0.2) is 33.6 Å². The van der Waals surface area contributed by atoms with Gasteiger partial charge in [0, 0.05) is 36.1 Å². The molecule has 1 fully saturated rings. The number of rotatable bonds is 4. The number of urea groups is 1. The molecule has 166 valence electrons. The molecule has 3 aromatic rings. The van der Waals surface area contributed by atoms with E-state index in [0.717, 1.165) is 60.0 Å². The number of aromatic nitrogens is 2. The molecule has 1 N–H and O–H groups in total. The normalized spacial score (nSPS) is 20.3. The average Bonchev–Trinajstić information content (AvgIpc) is 3.42. The quantitative estimate of drug-likeness (QED) is 0.583. The van der Waals surface area contributed by atoms with Gasteiger partial charge in [0.25, 0.3) is 0 Å². The van der Waals surface area contributed by atoms with Crippen molar-refractivity contribution in [2.45, 2.75) is 44.3 Å². The fourth-order valence-electron chi connectivity index (χ4n) is 4.72. The minimum atomic E-state index is -0.0451. The number of fused-ring (bicyclic) bond motifs is 1. The molecule has 2 aliphatic rings. The third-order valence-corrected chi connectivity index (χ3v) is 6.56. The number of hydrogen-bond acceptors (Lipinski definition) is 3. The molecule has 32 heavy (non-hydrogen) atoms. The van der Waals surface area contributed by atoms with E-state index in [0.29, 0.717) is 13.2 Å². The van der Waals surface area contributed by atoms with E-state index in [1.165, 1.54) is 0 Å². The van der Waals surface area contributed by atoms with Crippen LogP contribution in [0.1, 0.15) is 54.7 Å². The minimum absolute atomic E-state index is 0.0322. The molecule has 2 aromatic carbocycles. The van der Waals surface area contributed by atoms with Gasteiger partial charge in [0.15, 0.2) is 0 Å². The maximum Gasteiger partial charge on any atom is 0.318 e. The highest BCUT2D eigenvalue weighted by Crippen LogP contribution is 2.34. The van der Waals surface area contributed by atoms with Crippen LogP contribution in [0, 0.1) is 0 Å². The second-order valence-electron chi connectivity index (χ2n) is 8.42. The van der Waals surface area contributed by atoms with E-state index in [4.69, 9.17) is 16.3 Å². The van der Waals surface area contributed by atoms with Crippen LogP contribution in [0.4, 0.5) is 4.79 Å². The fraction of sp³-hybridized carbons (Fsp3) is 0.360. The first-order chi connectivity index (χ1) is 15.7. The predicted molar refractivity (Wildman–Crippen MR) is 124 cm³/mol. The largest absolute Gasteiger partial charge is 0.493 e. The first-order valence-corrected chi connectivity index (χ1v) is 11.6. The van der Waals surface area contributed by atoms with Gasteiger partial charge < -0.3 is 19.5 Å². The van der Waals surface area contributed by atoms with Crippen LogP contribution >= 0.6 is 11.6 Å². The zero-order valence-corrected chi connectivity index (χ0v) is 18.7. The summed E-state index contributed by atoms with van der Waals surface area (Å²) >= 11 is 6.03. The Hall–Kier alpha value is -2.99. The number of likely N-dealkylation sites (tertiary alicyclic amines) is 1. The smallest absolute Gasteiger partial charge is 0.318 e. The van der Waals surface area contributed by atoms with Crippen LogP contribution in [-0.2, 0) is 6.54 Å². The summed E-state index contributed by atoms with van der Waals surface area (Å²) in [6, 6.07) is 15.7. The fourth-order valence-corrected chi connectivity index (χ4v) is 4.85. The van der Waals surface area contributed by atoms with Crippen molar-refractivity contribution in [2.24, 2.45) is 0 Å². The third kappa shape index (κ3) is 4.32. The Morgan fingerprint density at radius 3 is 2.84 bits per heavy atom. The van der Waals surface area contributed by atoms with Crippen LogP contribution in [0.2, 0.25) is 5.02 Å². The van der Waals surface area contributed by atoms with Crippen molar-refractivity contribution in [3.8, 4) is 5.75 Å². The van der Waals surface area contributed by atoms with Gasteiger partial charge in [-0.15, -0.1) is 0 Å². The highest BCUT2D eigenvalue weighted by atomic mass is 35.5. The number of carbonyl (C=O) groups excluding carboxylic acids is 1. The number of benzene rings is 2. The van der Waals surface area contributed by atoms with Gasteiger partial charge in [-0.1, -0.05) is 41.9 Å². The molecule has 2 amide bonds. The molecule has 0 bridgehead atoms. The van der Waals surface area contributed by atoms with Gasteiger partial charge in [0.1, 0.15) is 11.6 Å². The van der Waals surface area contributed by atoms with Crippen LogP contribution in [0.15, 0.2) is 60.9 Å². The number of carbonyl (C=O) groups is 1. The minimum Gasteiger partial charge on any atom is -0.493 e.